The second kappa shape index (κ2) is 5.30. The summed E-state index contributed by atoms with van der Waals surface area (Å²) in [6.45, 7) is 4.18. The Bertz CT molecular complexity index is 710. The molecule has 1 aliphatic heterocycles. The van der Waals surface area contributed by atoms with Crippen LogP contribution in [0.1, 0.15) is 36.5 Å². The summed E-state index contributed by atoms with van der Waals surface area (Å²) < 4.78 is 15.7. The van der Waals surface area contributed by atoms with Crippen molar-refractivity contribution >= 4 is 28.5 Å². The number of carbonyl (C=O) groups excluding carboxylic acids is 1. The van der Waals surface area contributed by atoms with E-state index in [1.54, 1.807) is 13.0 Å². The molecule has 1 amide bonds. The Morgan fingerprint density at radius 2 is 2.33 bits per heavy atom. The molecule has 1 N–H and O–H groups in total. The van der Waals surface area contributed by atoms with Crippen molar-refractivity contribution in [2.24, 2.45) is 0 Å². The second-order valence-corrected chi connectivity index (χ2v) is 6.24. The van der Waals surface area contributed by atoms with Crippen molar-refractivity contribution in [3.63, 3.8) is 0 Å². The van der Waals surface area contributed by atoms with E-state index in [0.717, 1.165) is 11.9 Å². The normalized spacial score (nSPS) is 20.0. The first-order valence-electron chi connectivity index (χ1n) is 7.05. The van der Waals surface area contributed by atoms with E-state index in [2.05, 4.69) is 10.3 Å². The van der Waals surface area contributed by atoms with Crippen LogP contribution in [0, 0.1) is 12.7 Å². The van der Waals surface area contributed by atoms with Crippen LogP contribution in [0.15, 0.2) is 12.1 Å². The van der Waals surface area contributed by atoms with Crippen LogP contribution in [-0.2, 0) is 11.3 Å². The minimum Gasteiger partial charge on any atom is -0.352 e. The van der Waals surface area contributed by atoms with Crippen LogP contribution >= 0.6 is 11.6 Å². The lowest BCUT2D eigenvalue weighted by molar-refractivity contribution is -0.119. The number of aromatic nitrogens is 2. The first-order chi connectivity index (χ1) is 9.95. The predicted molar refractivity (Wildman–Crippen MR) is 79.9 cm³/mol. The molecule has 2 atom stereocenters. The average Bonchev–Trinajstić information content (AvgIpc) is 2.96. The van der Waals surface area contributed by atoms with E-state index in [0.29, 0.717) is 29.9 Å². The van der Waals surface area contributed by atoms with Gasteiger partial charge in [0.15, 0.2) is 0 Å². The van der Waals surface area contributed by atoms with E-state index in [1.165, 1.54) is 6.07 Å². The highest BCUT2D eigenvalue weighted by Gasteiger charge is 2.24. The maximum absolute atomic E-state index is 13.7. The molecule has 1 fully saturated rings. The van der Waals surface area contributed by atoms with E-state index < -0.39 is 0 Å². The van der Waals surface area contributed by atoms with Crippen molar-refractivity contribution in [1.82, 2.24) is 14.9 Å². The fraction of sp³-hybridized carbons (Fsp3) is 0.467. The molecular weight excluding hydrogens is 293 g/mol. The van der Waals surface area contributed by atoms with Crippen LogP contribution in [0.25, 0.3) is 11.0 Å². The van der Waals surface area contributed by atoms with Gasteiger partial charge in [-0.3, -0.25) is 4.79 Å². The summed E-state index contributed by atoms with van der Waals surface area (Å²) in [4.78, 5) is 15.8. The van der Waals surface area contributed by atoms with Gasteiger partial charge in [0, 0.05) is 25.1 Å². The number of carbonyl (C=O) groups is 1. The summed E-state index contributed by atoms with van der Waals surface area (Å²) in [5, 5.41) is 2.66. The Morgan fingerprint density at radius 1 is 1.57 bits per heavy atom. The third kappa shape index (κ3) is 2.62. The number of benzene rings is 1. The number of nitrogens with zero attached hydrogens (tertiary/aromatic N) is 2. The van der Waals surface area contributed by atoms with Gasteiger partial charge in [0.1, 0.15) is 11.6 Å². The molecule has 3 rings (SSSR count). The van der Waals surface area contributed by atoms with Gasteiger partial charge in [-0.2, -0.15) is 0 Å². The van der Waals surface area contributed by atoms with Gasteiger partial charge in [-0.25, -0.2) is 9.37 Å². The molecule has 2 unspecified atom stereocenters. The molecule has 0 saturated carbocycles. The number of alkyl halides is 1. The quantitative estimate of drug-likeness (QED) is 0.886. The van der Waals surface area contributed by atoms with Gasteiger partial charge < -0.3 is 9.88 Å². The minimum atomic E-state index is -0.280. The molecule has 1 aliphatic rings. The number of halogens is 2. The molecule has 112 valence electrons. The van der Waals surface area contributed by atoms with Gasteiger partial charge in [-0.15, -0.1) is 11.6 Å². The Labute approximate surface area is 127 Å². The maximum Gasteiger partial charge on any atom is 0.220 e. The molecule has 1 aromatic heterocycles. The highest BCUT2D eigenvalue weighted by molar-refractivity contribution is 6.20. The zero-order valence-corrected chi connectivity index (χ0v) is 12.7. The zero-order valence-electron chi connectivity index (χ0n) is 12.0. The molecule has 0 spiro atoms. The number of hydrogen-bond acceptors (Lipinski definition) is 2. The molecule has 1 aromatic carbocycles. The van der Waals surface area contributed by atoms with Gasteiger partial charge in [-0.05, 0) is 31.9 Å². The van der Waals surface area contributed by atoms with E-state index in [4.69, 9.17) is 11.6 Å². The highest BCUT2D eigenvalue weighted by atomic mass is 35.5. The lowest BCUT2D eigenvalue weighted by atomic mass is 10.2. The van der Waals surface area contributed by atoms with Crippen molar-refractivity contribution in [1.29, 1.82) is 0 Å². The van der Waals surface area contributed by atoms with Crippen molar-refractivity contribution in [2.75, 3.05) is 0 Å². The number of aryl methyl sites for hydroxylation is 1. The Balaban J connectivity index is 2.07. The van der Waals surface area contributed by atoms with Crippen LogP contribution in [0.4, 0.5) is 4.39 Å². The van der Waals surface area contributed by atoms with Crippen LogP contribution in [0.3, 0.4) is 0 Å². The lowest BCUT2D eigenvalue weighted by Crippen LogP contribution is -2.30. The molecule has 2 aromatic rings. The summed E-state index contributed by atoms with van der Waals surface area (Å²) in [6, 6.07) is 3.31. The second-order valence-electron chi connectivity index (χ2n) is 5.59. The van der Waals surface area contributed by atoms with E-state index in [9.17, 15) is 9.18 Å². The molecule has 2 heterocycles. The Kier molecular flexibility index (Phi) is 3.61. The fourth-order valence-corrected chi connectivity index (χ4v) is 2.97. The van der Waals surface area contributed by atoms with Crippen LogP contribution in [-0.4, -0.2) is 21.5 Å². The van der Waals surface area contributed by atoms with Crippen molar-refractivity contribution in [3.8, 4) is 0 Å². The lowest BCUT2D eigenvalue weighted by Gasteiger charge is -2.15. The van der Waals surface area contributed by atoms with Gasteiger partial charge >= 0.3 is 0 Å². The topological polar surface area (TPSA) is 46.9 Å². The molecular formula is C15H17ClFN3O. The summed E-state index contributed by atoms with van der Waals surface area (Å²) in [6.07, 6.45) is 1.35. The molecule has 0 radical (unpaired) electrons. The molecule has 0 bridgehead atoms. The number of fused-ring (bicyclic) bond motifs is 1. The minimum absolute atomic E-state index is 0.0760. The van der Waals surface area contributed by atoms with Crippen LogP contribution in [0.2, 0.25) is 0 Å². The molecule has 1 saturated heterocycles. The van der Waals surface area contributed by atoms with Crippen molar-refractivity contribution in [3.05, 3.63) is 29.3 Å². The number of nitrogens with one attached hydrogen (secondary N) is 1. The molecule has 21 heavy (non-hydrogen) atoms. The van der Waals surface area contributed by atoms with Crippen molar-refractivity contribution < 1.29 is 9.18 Å². The third-order valence-corrected chi connectivity index (χ3v) is 4.10. The van der Waals surface area contributed by atoms with E-state index >= 15 is 0 Å². The third-order valence-electron chi connectivity index (χ3n) is 3.90. The SMILES string of the molecule is Cc1cc2c(cc1F)nc(C(C)Cl)n2CC1CCC(=O)N1. The standard InChI is InChI=1S/C15H17ClFN3O/c1-8-5-13-12(6-11(8)17)19-15(9(2)16)20(13)7-10-3-4-14(21)18-10/h5-6,9-10H,3-4,7H2,1-2H3,(H,18,21). The number of amides is 1. The Morgan fingerprint density at radius 3 is 2.95 bits per heavy atom. The van der Waals surface area contributed by atoms with Crippen LogP contribution in [0.5, 0.6) is 0 Å². The number of rotatable bonds is 3. The maximum atomic E-state index is 13.7. The summed E-state index contributed by atoms with van der Waals surface area (Å²) in [5.74, 6) is 0.514. The monoisotopic (exact) mass is 309 g/mol. The molecule has 4 nitrogen and oxygen atoms in total. The van der Waals surface area contributed by atoms with Crippen molar-refractivity contribution in [2.45, 2.75) is 44.7 Å². The average molecular weight is 310 g/mol. The number of imidazole rings is 1. The summed E-state index contributed by atoms with van der Waals surface area (Å²) in [7, 11) is 0. The van der Waals surface area contributed by atoms with E-state index in [1.807, 2.05) is 11.5 Å². The summed E-state index contributed by atoms with van der Waals surface area (Å²) in [5.41, 5.74) is 2.04. The predicted octanol–water partition coefficient (Wildman–Crippen LogP) is 3.06. The highest BCUT2D eigenvalue weighted by Crippen LogP contribution is 2.27. The van der Waals surface area contributed by atoms with Gasteiger partial charge in [0.05, 0.1) is 16.4 Å². The first kappa shape index (κ1) is 14.3. The summed E-state index contributed by atoms with van der Waals surface area (Å²) >= 11 is 6.21. The zero-order chi connectivity index (χ0) is 15.1. The number of hydrogen-bond donors (Lipinski definition) is 1. The molecule has 6 heteroatoms. The first-order valence-corrected chi connectivity index (χ1v) is 7.49. The smallest absolute Gasteiger partial charge is 0.220 e. The van der Waals surface area contributed by atoms with Crippen LogP contribution < -0.4 is 5.32 Å². The largest absolute Gasteiger partial charge is 0.352 e. The van der Waals surface area contributed by atoms with Gasteiger partial charge in [-0.1, -0.05) is 0 Å². The Hall–Kier alpha value is -1.62. The fourth-order valence-electron chi connectivity index (χ4n) is 2.80. The van der Waals surface area contributed by atoms with Gasteiger partial charge in [0.2, 0.25) is 5.91 Å². The molecule has 0 aliphatic carbocycles. The van der Waals surface area contributed by atoms with E-state index in [-0.39, 0.29) is 23.1 Å². The van der Waals surface area contributed by atoms with Gasteiger partial charge in [0.25, 0.3) is 0 Å².